The van der Waals surface area contributed by atoms with Crippen molar-refractivity contribution >= 4 is 17.3 Å². The number of carbonyl (C=O) groups is 1. The number of ether oxygens (including phenoxy) is 2. The van der Waals surface area contributed by atoms with Crippen LogP contribution in [0.5, 0.6) is 11.5 Å². The Labute approximate surface area is 205 Å². The van der Waals surface area contributed by atoms with Gasteiger partial charge in [-0.25, -0.2) is 18.6 Å². The van der Waals surface area contributed by atoms with E-state index in [-0.39, 0.29) is 12.2 Å². The lowest BCUT2D eigenvalue weighted by Gasteiger charge is -2.10. The van der Waals surface area contributed by atoms with Crippen LogP contribution in [0.25, 0.3) is 21.8 Å². The molecule has 4 aromatic rings. The predicted molar refractivity (Wildman–Crippen MR) is 131 cm³/mol. The third-order valence-electron chi connectivity index (χ3n) is 5.25. The van der Waals surface area contributed by atoms with Gasteiger partial charge in [0.15, 0.2) is 6.61 Å². The minimum Gasteiger partial charge on any atom is -0.488 e. The molecular weight excluding hydrogens is 472 g/mol. The fraction of sp³-hybridized carbons (Fsp3) is 0.185. The molecule has 0 bridgehead atoms. The predicted octanol–water partition coefficient (Wildman–Crippen LogP) is 6.94. The zero-order chi connectivity index (χ0) is 25.0. The second kappa shape index (κ2) is 10.2. The summed E-state index contributed by atoms with van der Waals surface area (Å²) in [6.07, 6.45) is 0. The fourth-order valence-electron chi connectivity index (χ4n) is 3.46. The van der Waals surface area contributed by atoms with E-state index in [2.05, 4.69) is 0 Å². The molecule has 8 heteroatoms. The number of rotatable bonds is 9. The largest absolute Gasteiger partial charge is 0.488 e. The first kappa shape index (κ1) is 24.3. The van der Waals surface area contributed by atoms with Crippen LogP contribution >= 0.6 is 11.3 Å². The van der Waals surface area contributed by atoms with E-state index in [1.807, 2.05) is 37.3 Å². The number of halogens is 2. The van der Waals surface area contributed by atoms with Gasteiger partial charge in [0.25, 0.3) is 5.92 Å². The van der Waals surface area contributed by atoms with Gasteiger partial charge >= 0.3 is 5.97 Å². The molecule has 0 saturated heterocycles. The number of aromatic nitrogens is 1. The van der Waals surface area contributed by atoms with Crippen molar-refractivity contribution in [2.24, 2.45) is 0 Å². The summed E-state index contributed by atoms with van der Waals surface area (Å²) in [6.45, 7) is 2.53. The van der Waals surface area contributed by atoms with E-state index in [9.17, 15) is 13.6 Å². The van der Waals surface area contributed by atoms with Gasteiger partial charge in [-0.1, -0.05) is 54.6 Å². The fourth-order valence-corrected chi connectivity index (χ4v) is 4.46. The van der Waals surface area contributed by atoms with Crippen LogP contribution in [0.15, 0.2) is 72.8 Å². The number of alkyl halides is 2. The van der Waals surface area contributed by atoms with E-state index in [4.69, 9.17) is 19.6 Å². The highest BCUT2D eigenvalue weighted by atomic mass is 32.1. The van der Waals surface area contributed by atoms with Crippen LogP contribution < -0.4 is 9.47 Å². The lowest BCUT2D eigenvalue weighted by Crippen LogP contribution is -2.10. The second-order valence-electron chi connectivity index (χ2n) is 8.02. The molecule has 4 rings (SSSR count). The molecule has 35 heavy (non-hydrogen) atoms. The zero-order valence-electron chi connectivity index (χ0n) is 19.1. The molecule has 0 atom stereocenters. The van der Waals surface area contributed by atoms with Gasteiger partial charge in [0.05, 0.1) is 10.6 Å². The van der Waals surface area contributed by atoms with E-state index in [0.29, 0.717) is 16.5 Å². The van der Waals surface area contributed by atoms with E-state index in [1.165, 1.54) is 23.5 Å². The number of carboxylic acids is 1. The molecule has 0 radical (unpaired) electrons. The smallest absolute Gasteiger partial charge is 0.341 e. The summed E-state index contributed by atoms with van der Waals surface area (Å²) in [6, 6.07) is 21.0. The minimum absolute atomic E-state index is 0.0456. The van der Waals surface area contributed by atoms with Gasteiger partial charge in [-0.15, -0.1) is 11.3 Å². The first-order chi connectivity index (χ1) is 16.7. The molecule has 0 saturated carbocycles. The van der Waals surface area contributed by atoms with Gasteiger partial charge in [-0.2, -0.15) is 0 Å². The highest BCUT2D eigenvalue weighted by Crippen LogP contribution is 2.36. The van der Waals surface area contributed by atoms with Crippen LogP contribution in [0, 0.1) is 6.92 Å². The average molecular weight is 496 g/mol. The topological polar surface area (TPSA) is 68.7 Å². The third-order valence-corrected chi connectivity index (χ3v) is 6.33. The van der Waals surface area contributed by atoms with Crippen molar-refractivity contribution < 1.29 is 28.2 Å². The molecule has 1 heterocycles. The number of nitrogens with zero attached hydrogens (tertiary/aromatic N) is 1. The van der Waals surface area contributed by atoms with Crippen molar-refractivity contribution in [3.8, 4) is 33.3 Å². The maximum absolute atomic E-state index is 13.6. The molecule has 0 aliphatic rings. The molecule has 0 aliphatic heterocycles. The van der Waals surface area contributed by atoms with E-state index >= 15 is 0 Å². The van der Waals surface area contributed by atoms with Crippen LogP contribution in [0.4, 0.5) is 8.78 Å². The molecule has 3 aromatic carbocycles. The Bertz CT molecular complexity index is 1320. The number of benzene rings is 3. The summed E-state index contributed by atoms with van der Waals surface area (Å²) in [7, 11) is 0. The SMILES string of the molecule is Cc1cc(OCc2sc(-c3ccc(C(C)(F)F)cc3)nc2-c2ccccc2)ccc1OCC(=O)O. The Morgan fingerprint density at radius 3 is 2.34 bits per heavy atom. The summed E-state index contributed by atoms with van der Waals surface area (Å²) in [4.78, 5) is 16.4. The summed E-state index contributed by atoms with van der Waals surface area (Å²) in [5, 5.41) is 9.51. The Hall–Kier alpha value is -3.78. The van der Waals surface area contributed by atoms with Crippen molar-refractivity contribution in [1.29, 1.82) is 0 Å². The van der Waals surface area contributed by atoms with Gasteiger partial charge in [-0.05, 0) is 30.7 Å². The maximum Gasteiger partial charge on any atom is 0.341 e. The lowest BCUT2D eigenvalue weighted by atomic mass is 10.1. The van der Waals surface area contributed by atoms with Gasteiger partial charge in [0.1, 0.15) is 23.1 Å². The summed E-state index contributed by atoms with van der Waals surface area (Å²) in [5.74, 6) is -2.86. The van der Waals surface area contributed by atoms with Gasteiger partial charge < -0.3 is 14.6 Å². The van der Waals surface area contributed by atoms with Crippen LogP contribution in [-0.2, 0) is 17.3 Å². The highest BCUT2D eigenvalue weighted by molar-refractivity contribution is 7.15. The van der Waals surface area contributed by atoms with Crippen LogP contribution in [0.3, 0.4) is 0 Å². The first-order valence-corrected chi connectivity index (χ1v) is 11.6. The number of carboxylic acid groups (broad SMARTS) is 1. The second-order valence-corrected chi connectivity index (χ2v) is 9.10. The van der Waals surface area contributed by atoms with Crippen molar-refractivity contribution in [1.82, 2.24) is 4.98 Å². The van der Waals surface area contributed by atoms with Crippen molar-refractivity contribution in [2.75, 3.05) is 6.61 Å². The highest BCUT2D eigenvalue weighted by Gasteiger charge is 2.24. The van der Waals surface area contributed by atoms with Gasteiger partial charge in [-0.3, -0.25) is 0 Å². The molecular formula is C27H23F2NO4S. The normalized spacial score (nSPS) is 11.3. The monoisotopic (exact) mass is 495 g/mol. The van der Waals surface area contributed by atoms with Gasteiger partial charge in [0, 0.05) is 23.6 Å². The molecule has 180 valence electrons. The van der Waals surface area contributed by atoms with E-state index in [0.717, 1.165) is 34.2 Å². The third kappa shape index (κ3) is 6.02. The molecule has 1 N–H and O–H groups in total. The lowest BCUT2D eigenvalue weighted by molar-refractivity contribution is -0.139. The summed E-state index contributed by atoms with van der Waals surface area (Å²) < 4.78 is 38.5. The molecule has 0 spiro atoms. The number of hydrogen-bond acceptors (Lipinski definition) is 5. The number of hydrogen-bond donors (Lipinski definition) is 1. The van der Waals surface area contributed by atoms with Crippen molar-refractivity contribution in [2.45, 2.75) is 26.4 Å². The summed E-state index contributed by atoms with van der Waals surface area (Å²) >= 11 is 1.45. The van der Waals surface area contributed by atoms with Crippen molar-refractivity contribution in [3.63, 3.8) is 0 Å². The van der Waals surface area contributed by atoms with Gasteiger partial charge in [0.2, 0.25) is 0 Å². The molecule has 0 fully saturated rings. The zero-order valence-corrected chi connectivity index (χ0v) is 19.9. The first-order valence-electron chi connectivity index (χ1n) is 10.8. The van der Waals surface area contributed by atoms with Crippen molar-refractivity contribution in [3.05, 3.63) is 88.8 Å². The van der Waals surface area contributed by atoms with Crippen LogP contribution in [-0.4, -0.2) is 22.7 Å². The summed E-state index contributed by atoms with van der Waals surface area (Å²) in [5.41, 5.74) is 3.16. The van der Waals surface area contributed by atoms with E-state index < -0.39 is 18.5 Å². The Kier molecular flexibility index (Phi) is 7.12. The Morgan fingerprint density at radius 1 is 1.00 bits per heavy atom. The number of aryl methyl sites for hydroxylation is 1. The average Bonchev–Trinajstić information content (AvgIpc) is 3.26. The Morgan fingerprint density at radius 2 is 1.71 bits per heavy atom. The molecule has 5 nitrogen and oxygen atoms in total. The molecule has 0 amide bonds. The number of aliphatic carboxylic acids is 1. The van der Waals surface area contributed by atoms with Crippen LogP contribution in [0.2, 0.25) is 0 Å². The molecule has 0 aliphatic carbocycles. The quantitative estimate of drug-likeness (QED) is 0.272. The standard InChI is InChI=1S/C27H23F2NO4S/c1-17-14-21(12-13-22(17)34-16-24(31)32)33-15-23-25(18-6-4-3-5-7-18)30-26(35-23)19-8-10-20(11-9-19)27(2,28)29/h3-14H,15-16H2,1-2H3,(H,31,32). The van der Waals surface area contributed by atoms with Crippen LogP contribution in [0.1, 0.15) is 22.9 Å². The molecule has 1 aromatic heterocycles. The number of thiazole rings is 1. The van der Waals surface area contributed by atoms with E-state index in [1.54, 1.807) is 30.3 Å². The molecule has 0 unspecified atom stereocenters. The maximum atomic E-state index is 13.6. The minimum atomic E-state index is -2.90. The Balaban J connectivity index is 1.59.